The molecule has 11 aromatic carbocycles. The van der Waals surface area contributed by atoms with E-state index in [4.69, 9.17) is 15.0 Å². The first kappa shape index (κ1) is 43.9. The van der Waals surface area contributed by atoms with Gasteiger partial charge in [-0.15, -0.1) is 0 Å². The maximum absolute atomic E-state index is 5.49. The molecule has 0 saturated carbocycles. The van der Waals surface area contributed by atoms with Crippen molar-refractivity contribution in [2.24, 2.45) is 0 Å². The van der Waals surface area contributed by atoms with Crippen LogP contribution in [0.3, 0.4) is 0 Å². The monoisotopic (exact) mass is 953 g/mol. The Balaban J connectivity index is 0.865. The fourth-order valence-electron chi connectivity index (χ4n) is 11.7. The molecule has 13 aromatic rings. The zero-order chi connectivity index (χ0) is 49.7. The van der Waals surface area contributed by atoms with Crippen LogP contribution in [0.5, 0.6) is 0 Å². The van der Waals surface area contributed by atoms with Gasteiger partial charge in [0.25, 0.3) is 0 Å². The predicted octanol–water partition coefficient (Wildman–Crippen LogP) is 18.2. The van der Waals surface area contributed by atoms with Gasteiger partial charge in [0.2, 0.25) is 0 Å². The van der Waals surface area contributed by atoms with Crippen molar-refractivity contribution >= 4 is 21.7 Å². The van der Waals surface area contributed by atoms with Gasteiger partial charge in [-0.1, -0.05) is 267 Å². The Labute approximate surface area is 436 Å². The lowest BCUT2D eigenvalue weighted by molar-refractivity contribution is 0.769. The average Bonchev–Trinajstić information content (AvgIpc) is 3.82. The molecule has 0 saturated heterocycles. The summed E-state index contributed by atoms with van der Waals surface area (Å²) in [4.78, 5) is 15.9. The van der Waals surface area contributed by atoms with Crippen molar-refractivity contribution in [2.75, 3.05) is 0 Å². The van der Waals surface area contributed by atoms with E-state index in [2.05, 4.69) is 273 Å². The number of hydrogen-bond acceptors (Lipinski definition) is 3. The van der Waals surface area contributed by atoms with Crippen LogP contribution in [0.4, 0.5) is 0 Å². The normalized spacial score (nSPS) is 12.4. The van der Waals surface area contributed by atoms with Gasteiger partial charge in [-0.2, -0.15) is 0 Å². The molecule has 0 bridgehead atoms. The lowest BCUT2D eigenvalue weighted by atomic mass is 9.67. The van der Waals surface area contributed by atoms with Crippen molar-refractivity contribution in [3.05, 3.63) is 307 Å². The number of benzene rings is 11. The van der Waals surface area contributed by atoms with Crippen LogP contribution < -0.4 is 0 Å². The topological polar surface area (TPSA) is 38.7 Å². The summed E-state index contributed by atoms with van der Waals surface area (Å²) in [6, 6.07) is 102. The third-order valence-electron chi connectivity index (χ3n) is 15.2. The first-order valence-electron chi connectivity index (χ1n) is 25.7. The van der Waals surface area contributed by atoms with E-state index in [0.29, 0.717) is 5.82 Å². The Morgan fingerprint density at radius 3 is 1.32 bits per heavy atom. The summed E-state index contributed by atoms with van der Waals surface area (Å²) in [7, 11) is 0. The number of rotatable bonds is 9. The number of pyridine rings is 1. The molecule has 2 aromatic heterocycles. The lowest BCUT2D eigenvalue weighted by Gasteiger charge is -2.34. The van der Waals surface area contributed by atoms with E-state index in [1.165, 1.54) is 49.9 Å². The summed E-state index contributed by atoms with van der Waals surface area (Å²) in [6.07, 6.45) is 0. The number of fused-ring (bicyclic) bond motifs is 7. The minimum Gasteiger partial charge on any atom is -0.247 e. The van der Waals surface area contributed by atoms with Crippen LogP contribution in [0.25, 0.3) is 111 Å². The van der Waals surface area contributed by atoms with Crippen molar-refractivity contribution < 1.29 is 0 Å². The molecule has 0 unspecified atom stereocenters. The summed E-state index contributed by atoms with van der Waals surface area (Å²) in [6.45, 7) is 0. The van der Waals surface area contributed by atoms with E-state index in [9.17, 15) is 0 Å². The number of para-hydroxylation sites is 1. The van der Waals surface area contributed by atoms with Crippen LogP contribution in [0.15, 0.2) is 285 Å². The van der Waals surface area contributed by atoms with Crippen LogP contribution >= 0.6 is 0 Å². The largest absolute Gasteiger partial charge is 0.247 e. The zero-order valence-electron chi connectivity index (χ0n) is 41.0. The second-order valence-corrected chi connectivity index (χ2v) is 19.4. The summed E-state index contributed by atoms with van der Waals surface area (Å²) in [5.74, 6) is 0.682. The van der Waals surface area contributed by atoms with Gasteiger partial charge in [-0.25, -0.2) is 15.0 Å². The Kier molecular flexibility index (Phi) is 10.7. The lowest BCUT2D eigenvalue weighted by Crippen LogP contribution is -2.28. The summed E-state index contributed by atoms with van der Waals surface area (Å²) in [5.41, 5.74) is 21.7. The molecule has 0 fully saturated rings. The van der Waals surface area contributed by atoms with Gasteiger partial charge in [0.1, 0.15) is 0 Å². The Morgan fingerprint density at radius 1 is 0.267 bits per heavy atom. The van der Waals surface area contributed by atoms with Gasteiger partial charge in [0.15, 0.2) is 5.82 Å². The Morgan fingerprint density at radius 2 is 0.720 bits per heavy atom. The summed E-state index contributed by atoms with van der Waals surface area (Å²) >= 11 is 0. The van der Waals surface area contributed by atoms with E-state index in [-0.39, 0.29) is 0 Å². The Hall–Kier alpha value is -9.83. The third-order valence-corrected chi connectivity index (χ3v) is 15.2. The van der Waals surface area contributed by atoms with Crippen LogP contribution in [0.2, 0.25) is 0 Å². The molecule has 0 amide bonds. The minimum atomic E-state index is -0.504. The zero-order valence-corrected chi connectivity index (χ0v) is 41.0. The molecule has 0 atom stereocenters. The van der Waals surface area contributed by atoms with Crippen LogP contribution in [0.1, 0.15) is 22.3 Å². The minimum absolute atomic E-state index is 0.504. The van der Waals surface area contributed by atoms with Gasteiger partial charge in [0, 0.05) is 38.4 Å². The van der Waals surface area contributed by atoms with Crippen molar-refractivity contribution in [3.8, 4) is 89.7 Å². The molecule has 3 nitrogen and oxygen atoms in total. The van der Waals surface area contributed by atoms with E-state index in [0.717, 1.165) is 77.9 Å². The third kappa shape index (κ3) is 7.56. The fourth-order valence-corrected chi connectivity index (χ4v) is 11.7. The second kappa shape index (κ2) is 18.3. The van der Waals surface area contributed by atoms with Crippen molar-refractivity contribution in [1.82, 2.24) is 15.0 Å². The summed E-state index contributed by atoms with van der Waals surface area (Å²) in [5, 5.41) is 3.51. The highest BCUT2D eigenvalue weighted by Crippen LogP contribution is 2.59. The second-order valence-electron chi connectivity index (χ2n) is 19.4. The van der Waals surface area contributed by atoms with Crippen molar-refractivity contribution in [1.29, 1.82) is 0 Å². The number of hydrogen-bond donors (Lipinski definition) is 0. The van der Waals surface area contributed by atoms with Gasteiger partial charge in [-0.05, 0) is 85.0 Å². The van der Waals surface area contributed by atoms with E-state index in [1.807, 2.05) is 12.1 Å². The molecular formula is C72H47N3. The standard InChI is InChI=1S/C72H47N3/c1-5-18-48(19-6-1)50-32-38-53(39-33-50)66-47-67(75-71(74-66)55-42-36-51(37-43-55)49-20-7-2-8-21-49)54-40-34-52(35-41-54)56-22-17-23-57(46-56)70-62-44-45-64-69(68(62)61-29-14-16-31-65(61)73-70)60-28-13-15-30-63(60)72(64,58-24-9-3-10-25-58)59-26-11-4-12-27-59/h1-47H. The maximum atomic E-state index is 5.49. The number of nitrogens with zero attached hydrogens (tertiary/aromatic N) is 3. The average molecular weight is 954 g/mol. The van der Waals surface area contributed by atoms with E-state index < -0.39 is 5.41 Å². The van der Waals surface area contributed by atoms with Gasteiger partial charge in [-0.3, -0.25) is 0 Å². The molecular weight excluding hydrogens is 907 g/mol. The fraction of sp³-hybridized carbons (Fsp3) is 0.0139. The molecule has 1 aliphatic carbocycles. The van der Waals surface area contributed by atoms with Crippen LogP contribution in [-0.4, -0.2) is 15.0 Å². The summed E-state index contributed by atoms with van der Waals surface area (Å²) < 4.78 is 0. The smallest absolute Gasteiger partial charge is 0.160 e. The molecule has 350 valence electrons. The highest BCUT2D eigenvalue weighted by Gasteiger charge is 2.46. The van der Waals surface area contributed by atoms with E-state index in [1.54, 1.807) is 0 Å². The molecule has 3 heteroatoms. The van der Waals surface area contributed by atoms with Crippen molar-refractivity contribution in [3.63, 3.8) is 0 Å². The van der Waals surface area contributed by atoms with Gasteiger partial charge < -0.3 is 0 Å². The molecule has 1 aliphatic rings. The quantitative estimate of drug-likeness (QED) is 0.135. The maximum Gasteiger partial charge on any atom is 0.160 e. The van der Waals surface area contributed by atoms with E-state index >= 15 is 0 Å². The SMILES string of the molecule is c1ccc(-c2ccc(-c3cc(-c4ccc(-c5cccc(-c6nc7ccccc7c7c8c(ccc67)C(c6ccccc6)(c6ccccc6)c6ccccc6-8)c5)cc4)nc(-c4ccc(-c5ccccc5)cc4)n3)cc2)cc1. The van der Waals surface area contributed by atoms with Crippen LogP contribution in [0, 0.1) is 0 Å². The highest BCUT2D eigenvalue weighted by molar-refractivity contribution is 6.19. The molecule has 2 heterocycles. The first-order valence-corrected chi connectivity index (χ1v) is 25.7. The van der Waals surface area contributed by atoms with Gasteiger partial charge in [0.05, 0.1) is 28.0 Å². The number of aromatic nitrogens is 3. The predicted molar refractivity (Wildman–Crippen MR) is 310 cm³/mol. The first-order chi connectivity index (χ1) is 37.2. The molecule has 0 N–H and O–H groups in total. The van der Waals surface area contributed by atoms with Crippen LogP contribution in [-0.2, 0) is 5.41 Å². The Bertz CT molecular complexity index is 4090. The van der Waals surface area contributed by atoms with Crippen molar-refractivity contribution in [2.45, 2.75) is 5.41 Å². The highest BCUT2D eigenvalue weighted by atomic mass is 14.9. The molecule has 14 rings (SSSR count). The molecule has 0 aliphatic heterocycles. The van der Waals surface area contributed by atoms with Gasteiger partial charge >= 0.3 is 0 Å². The molecule has 75 heavy (non-hydrogen) atoms. The molecule has 0 spiro atoms. The molecule has 0 radical (unpaired) electrons.